The number of hydrogen-bond donors (Lipinski definition) is 4. The van der Waals surface area contributed by atoms with Gasteiger partial charge in [-0.3, -0.25) is 10.1 Å². The number of rotatable bonds is 6. The number of aromatic amines is 2. The van der Waals surface area contributed by atoms with Crippen LogP contribution in [0.1, 0.15) is 5.56 Å². The van der Waals surface area contributed by atoms with Crippen molar-refractivity contribution >= 4 is 32.0 Å². The van der Waals surface area contributed by atoms with Gasteiger partial charge in [0.05, 0.1) is 18.1 Å². The van der Waals surface area contributed by atoms with Gasteiger partial charge in [-0.2, -0.15) is 5.10 Å². The topological polar surface area (TPSA) is 137 Å². The first-order valence-corrected chi connectivity index (χ1v) is 13.5. The van der Waals surface area contributed by atoms with Gasteiger partial charge in [0.25, 0.3) is 0 Å². The minimum absolute atomic E-state index is 0.0126. The molecule has 0 amide bonds. The number of aromatic nitrogens is 5. The molecule has 0 atom stereocenters. The zero-order valence-electron chi connectivity index (χ0n) is 20.0. The number of aromatic hydroxyl groups is 1. The van der Waals surface area contributed by atoms with E-state index in [1.54, 1.807) is 24.5 Å². The fourth-order valence-corrected chi connectivity index (χ4v) is 4.94. The maximum atomic E-state index is 14.5. The van der Waals surface area contributed by atoms with E-state index >= 15 is 0 Å². The van der Waals surface area contributed by atoms with E-state index < -0.39 is 15.8 Å². The summed E-state index contributed by atoms with van der Waals surface area (Å²) in [5, 5.41) is 18.9. The van der Waals surface area contributed by atoms with Crippen molar-refractivity contribution in [2.75, 3.05) is 6.26 Å². The molecule has 0 aliphatic carbocycles. The number of hydrogen-bond acceptors (Lipinski definition) is 6. The molecule has 6 rings (SSSR count). The van der Waals surface area contributed by atoms with Gasteiger partial charge in [-0.25, -0.2) is 22.5 Å². The monoisotopic (exact) mass is 528 g/mol. The molecule has 4 heterocycles. The zero-order chi connectivity index (χ0) is 26.4. The number of benzene rings is 2. The van der Waals surface area contributed by atoms with E-state index in [0.29, 0.717) is 22.5 Å². The van der Waals surface area contributed by atoms with Gasteiger partial charge >= 0.3 is 0 Å². The minimum atomic E-state index is -3.42. The Hall–Kier alpha value is -4.61. The summed E-state index contributed by atoms with van der Waals surface area (Å²) in [6.07, 6.45) is 5.76. The molecule has 4 N–H and O–H groups in total. The van der Waals surface area contributed by atoms with Crippen LogP contribution in [0.2, 0.25) is 0 Å². The second kappa shape index (κ2) is 9.05. The van der Waals surface area contributed by atoms with Crippen LogP contribution in [-0.4, -0.2) is 44.9 Å². The largest absolute Gasteiger partial charge is 0.506 e. The lowest BCUT2D eigenvalue weighted by atomic mass is 9.99. The Labute approximate surface area is 216 Å². The van der Waals surface area contributed by atoms with Crippen molar-refractivity contribution in [3.8, 4) is 39.4 Å². The molecule has 0 saturated carbocycles. The molecule has 6 aromatic rings. The Kier molecular flexibility index (Phi) is 5.66. The highest BCUT2D eigenvalue weighted by atomic mass is 32.2. The Balaban J connectivity index is 1.43. The van der Waals surface area contributed by atoms with Crippen LogP contribution in [0.5, 0.6) is 5.75 Å². The fourth-order valence-electron chi connectivity index (χ4n) is 4.51. The van der Waals surface area contributed by atoms with Crippen LogP contribution < -0.4 is 4.72 Å². The summed E-state index contributed by atoms with van der Waals surface area (Å²) in [6.45, 7) is -0.0126. The van der Waals surface area contributed by atoms with E-state index in [4.69, 9.17) is 0 Å². The highest BCUT2D eigenvalue weighted by molar-refractivity contribution is 7.88. The summed E-state index contributed by atoms with van der Waals surface area (Å²) in [5.41, 5.74) is 6.24. The third kappa shape index (κ3) is 4.60. The van der Waals surface area contributed by atoms with Crippen LogP contribution in [0.4, 0.5) is 4.39 Å². The molecule has 0 aliphatic heterocycles. The number of nitrogens with one attached hydrogen (secondary N) is 3. The van der Waals surface area contributed by atoms with Crippen LogP contribution in [0.15, 0.2) is 73.2 Å². The molecule has 190 valence electrons. The van der Waals surface area contributed by atoms with Crippen molar-refractivity contribution in [1.29, 1.82) is 0 Å². The van der Waals surface area contributed by atoms with Crippen molar-refractivity contribution in [2.45, 2.75) is 6.54 Å². The summed E-state index contributed by atoms with van der Waals surface area (Å²) in [5.74, 6) is -0.398. The van der Waals surface area contributed by atoms with Gasteiger partial charge in [0.1, 0.15) is 17.3 Å². The summed E-state index contributed by atoms with van der Waals surface area (Å²) in [6, 6.07) is 15.7. The van der Waals surface area contributed by atoms with Crippen molar-refractivity contribution in [3.05, 3.63) is 84.6 Å². The van der Waals surface area contributed by atoms with Crippen molar-refractivity contribution in [3.63, 3.8) is 0 Å². The van der Waals surface area contributed by atoms with Gasteiger partial charge in [-0.15, -0.1) is 0 Å². The molecule has 0 bridgehead atoms. The molecule has 0 spiro atoms. The molecule has 38 heavy (non-hydrogen) atoms. The number of pyridine rings is 2. The number of sulfonamides is 1. The maximum absolute atomic E-state index is 14.5. The number of fused-ring (bicyclic) bond motifs is 2. The second-order valence-corrected chi connectivity index (χ2v) is 10.8. The van der Waals surface area contributed by atoms with Gasteiger partial charge in [0.15, 0.2) is 5.65 Å². The average molecular weight is 529 g/mol. The third-order valence-electron chi connectivity index (χ3n) is 6.20. The lowest BCUT2D eigenvalue weighted by molar-refractivity contribution is 0.473. The third-order valence-corrected chi connectivity index (χ3v) is 6.87. The summed E-state index contributed by atoms with van der Waals surface area (Å²) in [7, 11) is -3.42. The smallest absolute Gasteiger partial charge is 0.209 e. The minimum Gasteiger partial charge on any atom is -0.506 e. The lowest BCUT2D eigenvalue weighted by Crippen LogP contribution is -2.21. The van der Waals surface area contributed by atoms with E-state index in [-0.39, 0.29) is 12.3 Å². The quantitative estimate of drug-likeness (QED) is 0.247. The number of H-pyrrole nitrogens is 2. The molecular formula is C27H21FN6O3S. The van der Waals surface area contributed by atoms with Crippen LogP contribution in [0.3, 0.4) is 0 Å². The summed E-state index contributed by atoms with van der Waals surface area (Å²) >= 11 is 0. The van der Waals surface area contributed by atoms with Gasteiger partial charge in [0.2, 0.25) is 10.0 Å². The maximum Gasteiger partial charge on any atom is 0.209 e. The van der Waals surface area contributed by atoms with E-state index in [1.807, 2.05) is 30.3 Å². The van der Waals surface area contributed by atoms with Gasteiger partial charge < -0.3 is 10.1 Å². The lowest BCUT2D eigenvalue weighted by Gasteiger charge is -2.08. The second-order valence-electron chi connectivity index (χ2n) is 9.02. The van der Waals surface area contributed by atoms with Crippen molar-refractivity contribution in [2.24, 2.45) is 0 Å². The van der Waals surface area contributed by atoms with Gasteiger partial charge in [0, 0.05) is 46.4 Å². The first-order chi connectivity index (χ1) is 18.2. The molecule has 4 aromatic heterocycles. The Bertz CT molecular complexity index is 1950. The van der Waals surface area contributed by atoms with Crippen molar-refractivity contribution < 1.29 is 17.9 Å². The van der Waals surface area contributed by atoms with E-state index in [9.17, 15) is 17.9 Å². The predicted octanol–water partition coefficient (Wildman–Crippen LogP) is 4.73. The Morgan fingerprint density at radius 1 is 0.974 bits per heavy atom. The molecule has 11 heteroatoms. The standard InChI is InChI=1S/C27H21FN6O3S/c1-38(36,37)31-11-15-5-16(7-19(28)6-15)21-3-2-4-24-22(21)10-25(32-24)26-23-9-18(13-30-27(23)34-33-26)17-8-20(35)14-29-12-17/h2-10,12-14,31-32,35H,11H2,1H3,(H,30,33,34). The fraction of sp³-hybridized carbons (Fsp3) is 0.0741. The molecule has 0 fully saturated rings. The van der Waals surface area contributed by atoms with Crippen LogP contribution in [0.25, 0.3) is 55.6 Å². The normalized spacial score (nSPS) is 11.9. The molecule has 0 aliphatic rings. The zero-order valence-corrected chi connectivity index (χ0v) is 20.8. The van der Waals surface area contributed by atoms with Crippen molar-refractivity contribution in [1.82, 2.24) is 29.9 Å². The average Bonchev–Trinajstić information content (AvgIpc) is 3.50. The van der Waals surface area contributed by atoms with E-state index in [0.717, 1.165) is 44.9 Å². The highest BCUT2D eigenvalue weighted by Crippen LogP contribution is 2.35. The highest BCUT2D eigenvalue weighted by Gasteiger charge is 2.16. The van der Waals surface area contributed by atoms with Gasteiger partial charge in [-0.1, -0.05) is 12.1 Å². The van der Waals surface area contributed by atoms with Gasteiger partial charge in [-0.05, 0) is 59.2 Å². The van der Waals surface area contributed by atoms with E-state index in [1.165, 1.54) is 18.3 Å². The van der Waals surface area contributed by atoms with Crippen LogP contribution in [-0.2, 0) is 16.6 Å². The van der Waals surface area contributed by atoms with E-state index in [2.05, 4.69) is 29.9 Å². The summed E-state index contributed by atoms with van der Waals surface area (Å²) < 4.78 is 39.9. The Morgan fingerprint density at radius 3 is 2.63 bits per heavy atom. The number of nitrogens with zero attached hydrogens (tertiary/aromatic N) is 3. The first-order valence-electron chi connectivity index (χ1n) is 11.6. The molecule has 0 radical (unpaired) electrons. The SMILES string of the molecule is CS(=O)(=O)NCc1cc(F)cc(-c2cccc3[nH]c(-c4n[nH]c5ncc(-c6cncc(O)c6)cc45)cc23)c1. The summed E-state index contributed by atoms with van der Waals surface area (Å²) in [4.78, 5) is 11.9. The molecule has 0 saturated heterocycles. The van der Waals surface area contributed by atoms with Crippen LogP contribution in [0, 0.1) is 5.82 Å². The molecular weight excluding hydrogens is 507 g/mol. The van der Waals surface area contributed by atoms with Crippen LogP contribution >= 0.6 is 0 Å². The first kappa shape index (κ1) is 23.8. The molecule has 2 aromatic carbocycles. The molecule has 0 unspecified atom stereocenters. The Morgan fingerprint density at radius 2 is 1.82 bits per heavy atom. The molecule has 9 nitrogen and oxygen atoms in total. The number of halogens is 1. The predicted molar refractivity (Wildman–Crippen MR) is 143 cm³/mol.